The number of nitrogens with zero attached hydrogens (tertiary/aromatic N) is 4. The minimum atomic E-state index is -4.41. The van der Waals surface area contributed by atoms with Crippen LogP contribution in [0.15, 0.2) is 125 Å². The lowest BCUT2D eigenvalue weighted by Crippen LogP contribution is -2.52. The number of phosphoric acid groups is 1. The molecule has 21 nitrogen and oxygen atoms in total. The predicted octanol–water partition coefficient (Wildman–Crippen LogP) is 7.96. The third-order valence-corrected chi connectivity index (χ3v) is 14.1. The first-order valence-corrected chi connectivity index (χ1v) is 25.8. The molecule has 3 aliphatic rings. The highest BCUT2D eigenvalue weighted by Gasteiger charge is 2.54. The summed E-state index contributed by atoms with van der Waals surface area (Å²) in [6, 6.07) is 27.9. The average molecular weight is 1090 g/mol. The molecule has 1 spiro atoms. The maximum absolute atomic E-state index is 14.6. The van der Waals surface area contributed by atoms with Crippen LogP contribution in [0.4, 0.5) is 18.4 Å². The van der Waals surface area contributed by atoms with Crippen LogP contribution in [0.2, 0.25) is 0 Å². The van der Waals surface area contributed by atoms with E-state index >= 15 is 0 Å². The number of esters is 1. The maximum Gasteiger partial charge on any atom is 0.511 e. The fourth-order valence-corrected chi connectivity index (χ4v) is 9.75. The van der Waals surface area contributed by atoms with Gasteiger partial charge in [-0.15, -0.1) is 0 Å². The Morgan fingerprint density at radius 2 is 1.48 bits per heavy atom. The number of hydrogen-bond acceptors (Lipinski definition) is 17. The van der Waals surface area contributed by atoms with Gasteiger partial charge in [-0.1, -0.05) is 102 Å². The molecule has 8 rings (SSSR count). The van der Waals surface area contributed by atoms with Gasteiger partial charge in [-0.05, 0) is 49.4 Å². The maximum atomic E-state index is 14.6. The summed E-state index contributed by atoms with van der Waals surface area (Å²) in [7, 11) is -4.41. The first-order chi connectivity index (χ1) is 37.1. The summed E-state index contributed by atoms with van der Waals surface area (Å²) in [5.41, 5.74) is -0.342. The second-order valence-electron chi connectivity index (χ2n) is 18.1. The van der Waals surface area contributed by atoms with Crippen LogP contribution >= 0.6 is 7.82 Å². The van der Waals surface area contributed by atoms with Gasteiger partial charge in [0.25, 0.3) is 11.8 Å². The van der Waals surface area contributed by atoms with Crippen LogP contribution < -0.4 is 15.5 Å². The van der Waals surface area contributed by atoms with Crippen LogP contribution in [-0.2, 0) is 73.1 Å². The van der Waals surface area contributed by atoms with Crippen molar-refractivity contribution in [1.29, 1.82) is 0 Å². The Bertz CT molecular complexity index is 3030. The fourth-order valence-electron chi connectivity index (χ4n) is 8.73. The van der Waals surface area contributed by atoms with Gasteiger partial charge in [0.05, 0.1) is 31.5 Å². The molecule has 406 valence electrons. The molecule has 0 radical (unpaired) electrons. The van der Waals surface area contributed by atoms with E-state index in [1.807, 2.05) is 6.92 Å². The number of amides is 3. The summed E-state index contributed by atoms with van der Waals surface area (Å²) in [4.78, 5) is 90.5. The average Bonchev–Trinajstić information content (AvgIpc) is 3.83. The van der Waals surface area contributed by atoms with Crippen molar-refractivity contribution in [2.75, 3.05) is 39.8 Å². The molecule has 0 aliphatic carbocycles. The third-order valence-electron chi connectivity index (χ3n) is 12.8. The van der Waals surface area contributed by atoms with Crippen LogP contribution in [0.3, 0.4) is 0 Å². The van der Waals surface area contributed by atoms with Gasteiger partial charge in [0.15, 0.2) is 11.3 Å². The van der Waals surface area contributed by atoms with Crippen molar-refractivity contribution < 1.29 is 79.4 Å². The van der Waals surface area contributed by atoms with Gasteiger partial charge in [0.1, 0.15) is 37.0 Å². The van der Waals surface area contributed by atoms with Crippen molar-refractivity contribution >= 4 is 43.6 Å². The highest BCUT2D eigenvalue weighted by atomic mass is 31.2. The normalized spacial score (nSPS) is 17.5. The summed E-state index contributed by atoms with van der Waals surface area (Å²) in [6.07, 6.45) is -0.0861. The molecule has 1 N–H and O–H groups in total. The standard InChI is InChI=1S/C53H54F2N5O16P/c1-35-25-53(76-57-35)21-20-36(2)59-28-44(53)60-27-42(49(63)56-26-40-18-19-41(54)24-43(40)55)47(62)48(46(60)50(59)64)70-33-72-52(66)68-23-22-58(29-45(61)69-30-37-12-6-3-7-13-37)51(65)71-34-75-77(67,73-31-38-14-8-4-9-15-38)74-32-39-16-10-5-11-17-39/h3-19,24,27,36,44H,20-23,25-26,28-34H2,1-2H3,(H,56,63)/t36-,44+,53-/m0/s1. The molecule has 4 heterocycles. The zero-order chi connectivity index (χ0) is 54.5. The second-order valence-corrected chi connectivity index (χ2v) is 19.8. The van der Waals surface area contributed by atoms with Crippen molar-refractivity contribution in [3.05, 3.63) is 171 Å². The molecule has 0 saturated carbocycles. The molecule has 1 aromatic heterocycles. The number of ether oxygens (including phenoxy) is 5. The molecule has 3 atom stereocenters. The number of oxime groups is 1. The predicted molar refractivity (Wildman–Crippen MR) is 267 cm³/mol. The smallest absolute Gasteiger partial charge is 0.459 e. The molecular formula is C53H54F2N5O16P. The molecule has 5 aromatic rings. The first-order valence-electron chi connectivity index (χ1n) is 24.3. The number of pyridine rings is 1. The second kappa shape index (κ2) is 25.2. The lowest BCUT2D eigenvalue weighted by Gasteiger charge is -2.42. The van der Waals surface area contributed by atoms with Crippen molar-refractivity contribution in [2.24, 2.45) is 5.16 Å². The minimum Gasteiger partial charge on any atom is -0.459 e. The van der Waals surface area contributed by atoms with E-state index < -0.39 is 118 Å². The molecule has 24 heteroatoms. The summed E-state index contributed by atoms with van der Waals surface area (Å²) < 4.78 is 86.7. The number of phosphoric ester groups is 1. The van der Waals surface area contributed by atoms with Crippen LogP contribution in [0, 0.1) is 11.6 Å². The number of rotatable bonds is 22. The highest BCUT2D eigenvalue weighted by Crippen LogP contribution is 2.51. The number of benzene rings is 4. The van der Waals surface area contributed by atoms with E-state index in [-0.39, 0.29) is 43.7 Å². The third kappa shape index (κ3) is 14.1. The van der Waals surface area contributed by atoms with Crippen molar-refractivity contribution in [3.8, 4) is 5.75 Å². The van der Waals surface area contributed by atoms with E-state index in [0.717, 1.165) is 17.0 Å². The lowest BCUT2D eigenvalue weighted by atomic mass is 9.84. The molecule has 1 fully saturated rings. The van der Waals surface area contributed by atoms with Gasteiger partial charge in [-0.2, -0.15) is 0 Å². The number of carbonyl (C=O) groups is 5. The van der Waals surface area contributed by atoms with E-state index in [4.69, 9.17) is 42.1 Å². The molecule has 1 saturated heterocycles. The first kappa shape index (κ1) is 55.3. The van der Waals surface area contributed by atoms with E-state index in [0.29, 0.717) is 47.7 Å². The Kier molecular flexibility index (Phi) is 18.1. The van der Waals surface area contributed by atoms with Crippen molar-refractivity contribution in [2.45, 2.75) is 77.2 Å². The van der Waals surface area contributed by atoms with Gasteiger partial charge < -0.3 is 43.3 Å². The van der Waals surface area contributed by atoms with Crippen LogP contribution in [0.5, 0.6) is 5.75 Å². The zero-order valence-corrected chi connectivity index (χ0v) is 42.7. The Hall–Kier alpha value is -7.98. The van der Waals surface area contributed by atoms with Gasteiger partial charge in [-0.25, -0.2) is 27.5 Å². The van der Waals surface area contributed by atoms with Crippen LogP contribution in [0.1, 0.15) is 82.3 Å². The molecule has 2 bridgehead atoms. The Morgan fingerprint density at radius 3 is 2.10 bits per heavy atom. The highest BCUT2D eigenvalue weighted by molar-refractivity contribution is 7.48. The molecule has 3 aliphatic heterocycles. The van der Waals surface area contributed by atoms with Crippen LogP contribution in [-0.4, -0.2) is 102 Å². The van der Waals surface area contributed by atoms with Gasteiger partial charge >= 0.3 is 26.0 Å². The van der Waals surface area contributed by atoms with E-state index in [2.05, 4.69) is 10.5 Å². The minimum absolute atomic E-state index is 0.0789. The topological polar surface area (TPSA) is 238 Å². The Balaban J connectivity index is 0.944. The number of fused-ring (bicyclic) bond motifs is 5. The largest absolute Gasteiger partial charge is 0.511 e. The van der Waals surface area contributed by atoms with Gasteiger partial charge in [0, 0.05) is 43.4 Å². The summed E-state index contributed by atoms with van der Waals surface area (Å²) in [6.45, 7) is -1.10. The number of nitrogens with one attached hydrogen (secondary N) is 1. The SMILES string of the molecule is CC1=NO[C@@]2(CC[C@H](C)N3C[C@H]2n2cc(C(=O)NCc4ccc(F)cc4F)c(=O)c(OCOC(=O)OCCN(CC(=O)OCc4ccccc4)C(=O)OCOP(=O)(OCc4ccccc4)OCc4ccccc4)c2C3=O)C1. The van der Waals surface area contributed by atoms with E-state index in [9.17, 15) is 42.1 Å². The number of hydrogen-bond donors (Lipinski definition) is 1. The number of aromatic nitrogens is 1. The fraction of sp³-hybridized carbons (Fsp3) is 0.340. The van der Waals surface area contributed by atoms with Crippen molar-refractivity contribution in [1.82, 2.24) is 19.7 Å². The molecule has 0 unspecified atom stereocenters. The van der Waals surface area contributed by atoms with E-state index in [1.165, 1.54) is 10.8 Å². The Morgan fingerprint density at radius 1 is 0.831 bits per heavy atom. The number of halogens is 2. The lowest BCUT2D eigenvalue weighted by molar-refractivity contribution is -0.146. The summed E-state index contributed by atoms with van der Waals surface area (Å²) >= 11 is 0. The van der Waals surface area contributed by atoms with Gasteiger partial charge in [0.2, 0.25) is 24.8 Å². The van der Waals surface area contributed by atoms with Crippen molar-refractivity contribution in [3.63, 3.8) is 0 Å². The van der Waals surface area contributed by atoms with E-state index in [1.54, 1.807) is 103 Å². The molecule has 77 heavy (non-hydrogen) atoms. The molecular weight excluding hydrogens is 1030 g/mol. The van der Waals surface area contributed by atoms with Gasteiger partial charge in [-0.3, -0.25) is 33.1 Å². The molecule has 4 aromatic carbocycles. The Labute approximate surface area is 440 Å². The number of carbonyl (C=O) groups excluding carboxylic acids is 5. The monoisotopic (exact) mass is 1090 g/mol. The van der Waals surface area contributed by atoms with Crippen LogP contribution in [0.25, 0.3) is 0 Å². The zero-order valence-electron chi connectivity index (χ0n) is 41.8. The summed E-state index contributed by atoms with van der Waals surface area (Å²) in [5, 5.41) is 6.67. The molecule has 3 amide bonds. The summed E-state index contributed by atoms with van der Waals surface area (Å²) in [5.74, 6) is -4.94. The quantitative estimate of drug-likeness (QED) is 0.0299.